The summed E-state index contributed by atoms with van der Waals surface area (Å²) in [5.74, 6) is -0.0828. The number of ether oxygens (including phenoxy) is 1. The van der Waals surface area contributed by atoms with Crippen LogP contribution in [0, 0.1) is 0 Å². The summed E-state index contributed by atoms with van der Waals surface area (Å²) in [4.78, 5) is 15.2. The molecule has 4 rings (SSSR count). The standard InChI is InChI=1S/C25H23ClN2O4S/c1-4-31-21-10-6-9-20(16-7-5-8-18(26)13-16)24(21)33(30)27-25(29)23-14-17-11-12-19(28(2)3)15-22(17)32-23/h5-15H,4H2,1-3H3,(H,27,29). The van der Waals surface area contributed by atoms with Gasteiger partial charge in [0.05, 0.1) is 6.61 Å². The minimum Gasteiger partial charge on any atom is -0.588 e. The van der Waals surface area contributed by atoms with Crippen molar-refractivity contribution in [1.82, 2.24) is 4.72 Å². The van der Waals surface area contributed by atoms with Gasteiger partial charge in [-0.25, -0.2) is 0 Å². The van der Waals surface area contributed by atoms with Gasteiger partial charge in [-0.05, 0) is 55.0 Å². The maximum Gasteiger partial charge on any atom is 0.328 e. The number of hydrogen-bond acceptors (Lipinski definition) is 5. The van der Waals surface area contributed by atoms with Gasteiger partial charge in [-0.2, -0.15) is 4.72 Å². The lowest BCUT2D eigenvalue weighted by Gasteiger charge is -2.17. The molecular formula is C25H23ClN2O4S. The van der Waals surface area contributed by atoms with Gasteiger partial charge in [-0.15, -0.1) is 0 Å². The number of fused-ring (bicyclic) bond motifs is 1. The number of halogens is 1. The molecule has 1 atom stereocenters. The highest BCUT2D eigenvalue weighted by atomic mass is 35.5. The third-order valence-corrected chi connectivity index (χ3v) is 6.43. The molecular weight excluding hydrogens is 460 g/mol. The Labute approximate surface area is 200 Å². The van der Waals surface area contributed by atoms with Crippen LogP contribution in [-0.4, -0.2) is 31.2 Å². The number of anilines is 1. The topological polar surface area (TPSA) is 77.8 Å². The van der Waals surface area contributed by atoms with Gasteiger partial charge in [0, 0.05) is 41.8 Å². The normalized spacial score (nSPS) is 11.9. The third kappa shape index (κ3) is 4.95. The van der Waals surface area contributed by atoms with Crippen LogP contribution in [0.3, 0.4) is 0 Å². The van der Waals surface area contributed by atoms with Crippen molar-refractivity contribution in [2.75, 3.05) is 25.6 Å². The van der Waals surface area contributed by atoms with Crippen LogP contribution in [0.15, 0.2) is 76.0 Å². The zero-order valence-corrected chi connectivity index (χ0v) is 20.0. The quantitative estimate of drug-likeness (QED) is 0.343. The molecule has 1 unspecified atom stereocenters. The Balaban J connectivity index is 1.67. The summed E-state index contributed by atoms with van der Waals surface area (Å²) >= 11 is 4.25. The summed E-state index contributed by atoms with van der Waals surface area (Å²) in [5.41, 5.74) is 2.94. The number of amides is 1. The molecule has 4 aromatic rings. The third-order valence-electron chi connectivity index (χ3n) is 5.03. The molecule has 8 heteroatoms. The first-order valence-corrected chi connectivity index (χ1v) is 11.9. The molecule has 170 valence electrons. The van der Waals surface area contributed by atoms with Crippen LogP contribution in [0.1, 0.15) is 17.5 Å². The summed E-state index contributed by atoms with van der Waals surface area (Å²) in [6, 6.07) is 19.9. The van der Waals surface area contributed by atoms with Gasteiger partial charge in [0.2, 0.25) is 4.90 Å². The van der Waals surface area contributed by atoms with Gasteiger partial charge in [0.1, 0.15) is 16.9 Å². The SMILES string of the molecule is CCOc1cccc(-c2cccc(Cl)c2)c1[S+]([O-])NC(=O)c1cc2ccc(N(C)C)cc2o1. The van der Waals surface area contributed by atoms with Gasteiger partial charge in [-0.1, -0.05) is 29.8 Å². The zero-order valence-electron chi connectivity index (χ0n) is 18.4. The largest absolute Gasteiger partial charge is 0.588 e. The summed E-state index contributed by atoms with van der Waals surface area (Å²) in [5, 5.41) is 1.33. The van der Waals surface area contributed by atoms with Crippen molar-refractivity contribution in [2.24, 2.45) is 0 Å². The average molecular weight is 483 g/mol. The van der Waals surface area contributed by atoms with E-state index in [2.05, 4.69) is 4.72 Å². The van der Waals surface area contributed by atoms with E-state index in [0.717, 1.165) is 16.6 Å². The van der Waals surface area contributed by atoms with Gasteiger partial charge < -0.3 is 18.6 Å². The molecule has 0 fully saturated rings. The highest BCUT2D eigenvalue weighted by molar-refractivity contribution is 7.90. The molecule has 1 heterocycles. The molecule has 0 aliphatic carbocycles. The van der Waals surface area contributed by atoms with Crippen LogP contribution < -0.4 is 14.4 Å². The molecule has 1 amide bonds. The van der Waals surface area contributed by atoms with Crippen LogP contribution in [0.2, 0.25) is 5.02 Å². The number of benzene rings is 3. The second-order valence-electron chi connectivity index (χ2n) is 7.50. The van der Waals surface area contributed by atoms with E-state index in [1.54, 1.807) is 24.3 Å². The minimum atomic E-state index is -1.91. The lowest BCUT2D eigenvalue weighted by atomic mass is 10.1. The van der Waals surface area contributed by atoms with Crippen LogP contribution in [0.25, 0.3) is 22.1 Å². The number of rotatable bonds is 7. The fraction of sp³-hybridized carbons (Fsp3) is 0.160. The van der Waals surface area contributed by atoms with Crippen molar-refractivity contribution in [3.05, 3.63) is 77.5 Å². The Morgan fingerprint density at radius 3 is 2.64 bits per heavy atom. The van der Waals surface area contributed by atoms with E-state index >= 15 is 0 Å². The summed E-state index contributed by atoms with van der Waals surface area (Å²) in [6.45, 7) is 2.22. The molecule has 33 heavy (non-hydrogen) atoms. The van der Waals surface area contributed by atoms with Gasteiger partial charge in [-0.3, -0.25) is 4.79 Å². The average Bonchev–Trinajstić information content (AvgIpc) is 3.22. The maximum absolute atomic E-state index is 13.4. The molecule has 1 aromatic heterocycles. The minimum absolute atomic E-state index is 0.0763. The Morgan fingerprint density at radius 2 is 1.91 bits per heavy atom. The zero-order chi connectivity index (χ0) is 23.5. The predicted octanol–water partition coefficient (Wildman–Crippen LogP) is 5.67. The molecule has 0 spiro atoms. The van der Waals surface area contributed by atoms with E-state index in [1.807, 2.05) is 68.4 Å². The molecule has 0 saturated heterocycles. The Morgan fingerprint density at radius 1 is 1.12 bits per heavy atom. The number of nitrogens with zero attached hydrogens (tertiary/aromatic N) is 1. The van der Waals surface area contributed by atoms with Crippen molar-refractivity contribution in [3.63, 3.8) is 0 Å². The fourth-order valence-corrected chi connectivity index (χ4v) is 4.71. The van der Waals surface area contributed by atoms with Gasteiger partial charge >= 0.3 is 5.91 Å². The summed E-state index contributed by atoms with van der Waals surface area (Å²) < 4.78 is 27.4. The number of carbonyl (C=O) groups excluding carboxylic acids is 1. The van der Waals surface area contributed by atoms with Crippen LogP contribution in [0.5, 0.6) is 5.75 Å². The highest BCUT2D eigenvalue weighted by Gasteiger charge is 2.28. The van der Waals surface area contributed by atoms with Crippen LogP contribution in [-0.2, 0) is 11.4 Å². The smallest absolute Gasteiger partial charge is 0.328 e. The monoisotopic (exact) mass is 482 g/mol. The lowest BCUT2D eigenvalue weighted by Crippen LogP contribution is -2.31. The second-order valence-corrected chi connectivity index (χ2v) is 9.09. The van der Waals surface area contributed by atoms with Crippen molar-refractivity contribution in [1.29, 1.82) is 0 Å². The van der Waals surface area contributed by atoms with Crippen LogP contribution in [0.4, 0.5) is 5.69 Å². The first kappa shape index (κ1) is 23.0. The molecule has 0 radical (unpaired) electrons. The number of hydrogen-bond donors (Lipinski definition) is 1. The van der Waals surface area contributed by atoms with E-state index < -0.39 is 17.3 Å². The van der Waals surface area contributed by atoms with E-state index in [9.17, 15) is 9.35 Å². The van der Waals surface area contributed by atoms with Crippen molar-refractivity contribution in [3.8, 4) is 16.9 Å². The molecule has 6 nitrogen and oxygen atoms in total. The second kappa shape index (κ2) is 9.79. The van der Waals surface area contributed by atoms with Gasteiger partial charge in [0.25, 0.3) is 0 Å². The molecule has 3 aromatic carbocycles. The highest BCUT2D eigenvalue weighted by Crippen LogP contribution is 2.36. The Kier molecular flexibility index (Phi) is 6.83. The van der Waals surface area contributed by atoms with E-state index in [-0.39, 0.29) is 5.76 Å². The van der Waals surface area contributed by atoms with Crippen molar-refractivity contribution < 1.29 is 18.5 Å². The Bertz CT molecular complexity index is 1300. The predicted molar refractivity (Wildman–Crippen MR) is 132 cm³/mol. The first-order valence-electron chi connectivity index (χ1n) is 10.3. The molecule has 1 N–H and O–H groups in total. The Hall–Kier alpha value is -3.13. The first-order chi connectivity index (χ1) is 15.9. The number of furan rings is 1. The van der Waals surface area contributed by atoms with Gasteiger partial charge in [0.15, 0.2) is 11.5 Å². The summed E-state index contributed by atoms with van der Waals surface area (Å²) in [6.07, 6.45) is 0. The molecule has 0 saturated carbocycles. The maximum atomic E-state index is 13.4. The molecule has 0 aliphatic heterocycles. The number of carbonyl (C=O) groups is 1. The fourth-order valence-electron chi connectivity index (χ4n) is 3.45. The van der Waals surface area contributed by atoms with E-state index in [4.69, 9.17) is 20.8 Å². The lowest BCUT2D eigenvalue weighted by molar-refractivity contribution is 0.0956. The van der Waals surface area contributed by atoms with Crippen molar-refractivity contribution >= 4 is 45.5 Å². The van der Waals surface area contributed by atoms with Crippen LogP contribution >= 0.6 is 11.6 Å². The molecule has 0 aliphatic rings. The van der Waals surface area contributed by atoms with E-state index in [1.165, 1.54) is 0 Å². The van der Waals surface area contributed by atoms with E-state index in [0.29, 0.717) is 33.4 Å². The summed E-state index contributed by atoms with van der Waals surface area (Å²) in [7, 11) is 3.85. The van der Waals surface area contributed by atoms with Crippen molar-refractivity contribution in [2.45, 2.75) is 11.8 Å². The number of nitrogens with one attached hydrogen (secondary N) is 1. The molecule has 0 bridgehead atoms.